The summed E-state index contributed by atoms with van der Waals surface area (Å²) >= 11 is 0. The first-order valence-electron chi connectivity index (χ1n) is 7.60. The summed E-state index contributed by atoms with van der Waals surface area (Å²) in [6.07, 6.45) is 1.20. The average Bonchev–Trinajstić information content (AvgIpc) is 2.79. The van der Waals surface area contributed by atoms with Gasteiger partial charge in [0, 0.05) is 13.5 Å². The number of hydrogen-bond donors (Lipinski definition) is 3. The maximum Gasteiger partial charge on any atom is 0.305 e. The van der Waals surface area contributed by atoms with E-state index >= 15 is 0 Å². The molecule has 0 aliphatic heterocycles. The number of carbonyl (C=O) groups excluding carboxylic acids is 1. The number of ether oxygens (including phenoxy) is 1. The number of methoxy groups -OCH3 is 1. The van der Waals surface area contributed by atoms with Crippen molar-refractivity contribution in [2.45, 2.75) is 51.4 Å². The van der Waals surface area contributed by atoms with Crippen LogP contribution in [0.3, 0.4) is 0 Å². The lowest BCUT2D eigenvalue weighted by Crippen LogP contribution is -2.23. The van der Waals surface area contributed by atoms with E-state index in [2.05, 4.69) is 9.72 Å². The summed E-state index contributed by atoms with van der Waals surface area (Å²) in [5, 5.41) is 29.7. The smallest absolute Gasteiger partial charge is 0.305 e. The van der Waals surface area contributed by atoms with Crippen molar-refractivity contribution < 1.29 is 24.9 Å². The van der Waals surface area contributed by atoms with Gasteiger partial charge in [0.05, 0.1) is 36.8 Å². The van der Waals surface area contributed by atoms with Gasteiger partial charge in [0.25, 0.3) is 0 Å². The fourth-order valence-electron chi connectivity index (χ4n) is 2.32. The van der Waals surface area contributed by atoms with Crippen LogP contribution in [0.1, 0.15) is 49.5 Å². The molecule has 0 fully saturated rings. The van der Waals surface area contributed by atoms with Crippen molar-refractivity contribution in [2.24, 2.45) is 7.05 Å². The zero-order chi connectivity index (χ0) is 17.6. The predicted octanol–water partition coefficient (Wildman–Crippen LogP) is 0.860. The molecule has 3 N–H and O–H groups in total. The normalized spacial score (nSPS) is 15.6. The number of aryl methyl sites for hydroxylation is 1. The molecule has 3 atom stereocenters. The second-order valence-corrected chi connectivity index (χ2v) is 5.55. The molecule has 130 valence electrons. The van der Waals surface area contributed by atoms with Crippen molar-refractivity contribution >= 4 is 12.0 Å². The van der Waals surface area contributed by atoms with E-state index in [0.717, 1.165) is 5.82 Å². The Balaban J connectivity index is 2.66. The molecule has 1 aromatic heterocycles. The van der Waals surface area contributed by atoms with E-state index in [4.69, 9.17) is 0 Å². The summed E-state index contributed by atoms with van der Waals surface area (Å²) < 4.78 is 6.30. The molecule has 1 aromatic rings. The van der Waals surface area contributed by atoms with Gasteiger partial charge in [0.2, 0.25) is 0 Å². The van der Waals surface area contributed by atoms with Crippen molar-refractivity contribution in [1.82, 2.24) is 9.55 Å². The van der Waals surface area contributed by atoms with Crippen LogP contribution in [0.25, 0.3) is 6.08 Å². The van der Waals surface area contributed by atoms with E-state index in [-0.39, 0.29) is 18.8 Å². The van der Waals surface area contributed by atoms with Crippen LogP contribution in [-0.4, -0.2) is 50.2 Å². The van der Waals surface area contributed by atoms with Crippen LogP contribution in [0.2, 0.25) is 0 Å². The molecule has 0 amide bonds. The van der Waals surface area contributed by atoms with E-state index < -0.39 is 18.3 Å². The topological polar surface area (TPSA) is 105 Å². The largest absolute Gasteiger partial charge is 0.469 e. The maximum atomic E-state index is 11.0. The quantitative estimate of drug-likeness (QED) is 0.612. The van der Waals surface area contributed by atoms with E-state index in [1.54, 1.807) is 24.6 Å². The Morgan fingerprint density at radius 2 is 2.04 bits per heavy atom. The molecule has 0 spiro atoms. The summed E-state index contributed by atoms with van der Waals surface area (Å²) in [6, 6.07) is 0. The first kappa shape index (κ1) is 19.3. The minimum absolute atomic E-state index is 0.204. The SMILES string of the molecule is COC(=O)CCC[C@H](O)C(O)/C=C/c1nc(C)n(C)c1[C@H](C)O. The molecule has 23 heavy (non-hydrogen) atoms. The van der Waals surface area contributed by atoms with Gasteiger partial charge >= 0.3 is 5.97 Å². The van der Waals surface area contributed by atoms with Crippen molar-refractivity contribution in [3.05, 3.63) is 23.3 Å². The Labute approximate surface area is 136 Å². The van der Waals surface area contributed by atoms with Gasteiger partial charge in [-0.1, -0.05) is 6.08 Å². The molecule has 0 radical (unpaired) electrons. The second kappa shape index (κ2) is 8.81. The summed E-state index contributed by atoms with van der Waals surface area (Å²) in [6.45, 7) is 3.47. The zero-order valence-corrected chi connectivity index (χ0v) is 14.1. The van der Waals surface area contributed by atoms with E-state index in [9.17, 15) is 20.1 Å². The van der Waals surface area contributed by atoms with Crippen molar-refractivity contribution in [3.63, 3.8) is 0 Å². The van der Waals surface area contributed by atoms with Crippen LogP contribution in [0.4, 0.5) is 0 Å². The van der Waals surface area contributed by atoms with E-state index in [1.807, 2.05) is 6.92 Å². The highest BCUT2D eigenvalue weighted by Crippen LogP contribution is 2.20. The Morgan fingerprint density at radius 3 is 2.61 bits per heavy atom. The number of hydrogen-bond acceptors (Lipinski definition) is 6. The Bertz CT molecular complexity index is 551. The molecule has 7 heteroatoms. The lowest BCUT2D eigenvalue weighted by atomic mass is 10.1. The number of aliphatic hydroxyl groups is 3. The van der Waals surface area contributed by atoms with Gasteiger partial charge < -0.3 is 24.6 Å². The Kier molecular flexibility index (Phi) is 7.41. The van der Waals surface area contributed by atoms with Crippen molar-refractivity contribution in [2.75, 3.05) is 7.11 Å². The molecular weight excluding hydrogens is 300 g/mol. The predicted molar refractivity (Wildman–Crippen MR) is 85.5 cm³/mol. The third-order valence-electron chi connectivity index (χ3n) is 3.74. The molecule has 0 aromatic carbocycles. The molecule has 1 heterocycles. The number of aromatic nitrogens is 2. The number of esters is 1. The minimum Gasteiger partial charge on any atom is -0.469 e. The van der Waals surface area contributed by atoms with Crippen LogP contribution in [0.5, 0.6) is 0 Å². The second-order valence-electron chi connectivity index (χ2n) is 5.55. The van der Waals surface area contributed by atoms with Gasteiger partial charge in [-0.2, -0.15) is 0 Å². The maximum absolute atomic E-state index is 11.0. The highest BCUT2D eigenvalue weighted by molar-refractivity contribution is 5.68. The van der Waals surface area contributed by atoms with Crippen LogP contribution in [0, 0.1) is 6.92 Å². The number of rotatable bonds is 8. The lowest BCUT2D eigenvalue weighted by molar-refractivity contribution is -0.140. The first-order chi connectivity index (χ1) is 10.8. The van der Waals surface area contributed by atoms with Gasteiger partial charge in [0.15, 0.2) is 0 Å². The van der Waals surface area contributed by atoms with Gasteiger partial charge in [-0.05, 0) is 32.8 Å². The minimum atomic E-state index is -1.07. The molecule has 1 unspecified atom stereocenters. The number of nitrogens with zero attached hydrogens (tertiary/aromatic N) is 2. The summed E-state index contributed by atoms with van der Waals surface area (Å²) in [7, 11) is 3.12. The van der Waals surface area contributed by atoms with Crippen LogP contribution >= 0.6 is 0 Å². The Morgan fingerprint density at radius 1 is 1.39 bits per heavy atom. The molecule has 0 saturated carbocycles. The Hall–Kier alpha value is -1.70. The van der Waals surface area contributed by atoms with Crippen LogP contribution in [-0.2, 0) is 16.6 Å². The number of aliphatic hydroxyl groups excluding tert-OH is 3. The monoisotopic (exact) mass is 326 g/mol. The lowest BCUT2D eigenvalue weighted by Gasteiger charge is -2.14. The van der Waals surface area contributed by atoms with Gasteiger partial charge in [-0.15, -0.1) is 0 Å². The highest BCUT2D eigenvalue weighted by atomic mass is 16.5. The average molecular weight is 326 g/mol. The summed E-state index contributed by atoms with van der Waals surface area (Å²) in [4.78, 5) is 15.3. The fraction of sp³-hybridized carbons (Fsp3) is 0.625. The molecule has 0 saturated heterocycles. The summed E-state index contributed by atoms with van der Waals surface area (Å²) in [5.41, 5.74) is 1.20. The molecule has 1 rings (SSSR count). The third-order valence-corrected chi connectivity index (χ3v) is 3.74. The van der Waals surface area contributed by atoms with Crippen molar-refractivity contribution in [3.8, 4) is 0 Å². The van der Waals surface area contributed by atoms with Crippen LogP contribution in [0.15, 0.2) is 6.08 Å². The van der Waals surface area contributed by atoms with Gasteiger partial charge in [-0.25, -0.2) is 4.98 Å². The molecule has 0 aliphatic rings. The third kappa shape index (κ3) is 5.46. The molecule has 7 nitrogen and oxygen atoms in total. The zero-order valence-electron chi connectivity index (χ0n) is 14.1. The summed E-state index contributed by atoms with van der Waals surface area (Å²) in [5.74, 6) is 0.404. The fourth-order valence-corrected chi connectivity index (χ4v) is 2.32. The molecule has 0 bridgehead atoms. The van der Waals surface area contributed by atoms with Gasteiger partial charge in [0.1, 0.15) is 5.82 Å². The van der Waals surface area contributed by atoms with E-state index in [1.165, 1.54) is 13.2 Å². The highest BCUT2D eigenvalue weighted by Gasteiger charge is 2.17. The van der Waals surface area contributed by atoms with Gasteiger partial charge in [-0.3, -0.25) is 4.79 Å². The molecule has 0 aliphatic carbocycles. The van der Waals surface area contributed by atoms with Crippen LogP contribution < -0.4 is 0 Å². The number of imidazole rings is 1. The molecular formula is C16H26N2O5. The van der Waals surface area contributed by atoms with Crippen molar-refractivity contribution in [1.29, 1.82) is 0 Å². The van der Waals surface area contributed by atoms with E-state index in [0.29, 0.717) is 17.8 Å². The first-order valence-corrected chi connectivity index (χ1v) is 7.60. The standard InChI is InChI=1S/C16H26N2O5/c1-10(19)16-12(17-11(2)18(16)3)8-9-14(21)13(20)6-5-7-15(22)23-4/h8-10,13-14,19-21H,5-7H2,1-4H3/b9-8+/t10-,13-,14?/m0/s1. The number of carbonyl (C=O) groups is 1.